The van der Waals surface area contributed by atoms with Gasteiger partial charge in [0.1, 0.15) is 0 Å². The summed E-state index contributed by atoms with van der Waals surface area (Å²) in [6.45, 7) is 6.18. The second-order valence-electron chi connectivity index (χ2n) is 6.43. The van der Waals surface area contributed by atoms with Crippen molar-refractivity contribution in [2.24, 2.45) is 0 Å². The number of thioether (sulfide) groups is 1. The van der Waals surface area contributed by atoms with Gasteiger partial charge in [0.25, 0.3) is 0 Å². The maximum absolute atomic E-state index is 12.3. The lowest BCUT2D eigenvalue weighted by Crippen LogP contribution is -2.32. The summed E-state index contributed by atoms with van der Waals surface area (Å²) >= 11 is 2.96. The quantitative estimate of drug-likeness (QED) is 0.444. The Morgan fingerprint density at radius 2 is 2.04 bits per heavy atom. The molecule has 0 aliphatic rings. The first kappa shape index (κ1) is 22.6. The predicted octanol–water partition coefficient (Wildman–Crippen LogP) is 3.84. The van der Waals surface area contributed by atoms with Crippen LogP contribution in [0.3, 0.4) is 0 Å². The molecule has 10 heteroatoms. The van der Waals surface area contributed by atoms with E-state index >= 15 is 0 Å². The molecule has 1 amide bonds. The van der Waals surface area contributed by atoms with Crippen LogP contribution in [0.25, 0.3) is 0 Å². The Morgan fingerprint density at radius 3 is 2.71 bits per heavy atom. The molecule has 2 rings (SSSR count). The van der Waals surface area contributed by atoms with Gasteiger partial charge >= 0.3 is 0 Å². The molecular formula is C18H26N4O3S3. The highest BCUT2D eigenvalue weighted by Crippen LogP contribution is 2.27. The largest absolute Gasteiger partial charge is 0.301 e. The molecule has 0 fully saturated rings. The van der Waals surface area contributed by atoms with Crippen molar-refractivity contribution in [1.82, 2.24) is 10.2 Å². The first-order valence-electron chi connectivity index (χ1n) is 9.02. The molecule has 7 nitrogen and oxygen atoms in total. The average Bonchev–Trinajstić information content (AvgIpc) is 3.06. The highest BCUT2D eigenvalue weighted by molar-refractivity contribution is 8.01. The van der Waals surface area contributed by atoms with Crippen LogP contribution in [0.4, 0.5) is 10.8 Å². The first-order valence-corrected chi connectivity index (χ1v) is 12.7. The molecule has 0 aliphatic heterocycles. The van der Waals surface area contributed by atoms with Crippen LogP contribution in [0.2, 0.25) is 0 Å². The van der Waals surface area contributed by atoms with Crippen LogP contribution < -0.4 is 9.62 Å². The lowest BCUT2D eigenvalue weighted by atomic mass is 10.1. The summed E-state index contributed by atoms with van der Waals surface area (Å²) in [7, 11) is -3.44. The van der Waals surface area contributed by atoms with E-state index in [-0.39, 0.29) is 18.9 Å². The molecule has 0 spiro atoms. The molecular weight excluding hydrogens is 416 g/mol. The van der Waals surface area contributed by atoms with Gasteiger partial charge < -0.3 is 5.32 Å². The van der Waals surface area contributed by atoms with Gasteiger partial charge in [0.2, 0.25) is 21.1 Å². The average molecular weight is 443 g/mol. The second-order valence-corrected chi connectivity index (χ2v) is 10.7. The molecule has 0 atom stereocenters. The Bertz CT molecular complexity index is 913. The summed E-state index contributed by atoms with van der Waals surface area (Å²) in [5.74, 6) is 0.764. The van der Waals surface area contributed by atoms with Crippen molar-refractivity contribution in [2.75, 3.05) is 28.2 Å². The van der Waals surface area contributed by atoms with Gasteiger partial charge in [-0.3, -0.25) is 9.10 Å². The van der Waals surface area contributed by atoms with E-state index in [9.17, 15) is 13.2 Å². The normalized spacial score (nSPS) is 11.4. The molecule has 0 saturated heterocycles. The zero-order valence-corrected chi connectivity index (χ0v) is 19.0. The number of hydrogen-bond acceptors (Lipinski definition) is 7. The highest BCUT2D eigenvalue weighted by Gasteiger charge is 2.20. The zero-order chi connectivity index (χ0) is 20.7. The minimum Gasteiger partial charge on any atom is -0.301 e. The number of nitrogens with zero attached hydrogens (tertiary/aromatic N) is 3. The predicted molar refractivity (Wildman–Crippen MR) is 117 cm³/mol. The second kappa shape index (κ2) is 10.2. The molecule has 1 heterocycles. The number of benzene rings is 1. The van der Waals surface area contributed by atoms with Gasteiger partial charge in [-0.1, -0.05) is 42.2 Å². The molecule has 1 aromatic carbocycles. The first-order chi connectivity index (χ1) is 13.2. The molecule has 0 radical (unpaired) electrons. The minimum absolute atomic E-state index is 0.197. The Labute approximate surface area is 175 Å². The van der Waals surface area contributed by atoms with E-state index < -0.39 is 10.0 Å². The monoisotopic (exact) mass is 442 g/mol. The van der Waals surface area contributed by atoms with Crippen molar-refractivity contribution >= 4 is 49.8 Å². The van der Waals surface area contributed by atoms with E-state index in [1.807, 2.05) is 26.0 Å². The van der Waals surface area contributed by atoms with E-state index in [1.54, 1.807) is 17.8 Å². The topological polar surface area (TPSA) is 92.3 Å². The standard InChI is InChI=1S/C18H26N4O3S3/c1-5-12-26-18-21-20-17(27-18)19-16(23)10-7-11-22(28(4,24)25)15-9-6-8-13(2)14(15)3/h6,8-9H,5,7,10-12H2,1-4H3,(H,19,20,23). The van der Waals surface area contributed by atoms with Crippen LogP contribution in [0.1, 0.15) is 37.3 Å². The third-order valence-electron chi connectivity index (χ3n) is 4.09. The van der Waals surface area contributed by atoms with Crippen molar-refractivity contribution < 1.29 is 13.2 Å². The number of nitrogens with one attached hydrogen (secondary N) is 1. The van der Waals surface area contributed by atoms with Crippen LogP contribution in [0.15, 0.2) is 22.5 Å². The number of hydrogen-bond donors (Lipinski definition) is 1. The molecule has 2 aromatic rings. The number of rotatable bonds is 10. The zero-order valence-electron chi connectivity index (χ0n) is 16.6. The van der Waals surface area contributed by atoms with Crippen LogP contribution >= 0.6 is 23.1 Å². The van der Waals surface area contributed by atoms with Crippen LogP contribution in [0, 0.1) is 13.8 Å². The van der Waals surface area contributed by atoms with Crippen molar-refractivity contribution in [3.63, 3.8) is 0 Å². The van der Waals surface area contributed by atoms with E-state index in [0.717, 1.165) is 27.6 Å². The fourth-order valence-electron chi connectivity index (χ4n) is 2.54. The van der Waals surface area contributed by atoms with Crippen molar-refractivity contribution in [3.05, 3.63) is 29.3 Å². The fraction of sp³-hybridized carbons (Fsp3) is 0.500. The van der Waals surface area contributed by atoms with Gasteiger partial charge in [-0.2, -0.15) is 0 Å². The van der Waals surface area contributed by atoms with E-state index in [0.29, 0.717) is 17.2 Å². The van der Waals surface area contributed by atoms with Crippen molar-refractivity contribution in [3.8, 4) is 0 Å². The summed E-state index contributed by atoms with van der Waals surface area (Å²) in [5.41, 5.74) is 2.60. The SMILES string of the molecule is CCCSc1nnc(NC(=O)CCCN(c2cccc(C)c2C)S(C)(=O)=O)s1. The lowest BCUT2D eigenvalue weighted by Gasteiger charge is -2.24. The van der Waals surface area contributed by atoms with Gasteiger partial charge in [-0.05, 0) is 43.9 Å². The Morgan fingerprint density at radius 1 is 1.29 bits per heavy atom. The van der Waals surface area contributed by atoms with Crippen LogP contribution in [-0.2, 0) is 14.8 Å². The summed E-state index contributed by atoms with van der Waals surface area (Å²) in [6, 6.07) is 5.58. The minimum atomic E-state index is -3.44. The van der Waals surface area contributed by atoms with Gasteiger partial charge in [0, 0.05) is 18.7 Å². The molecule has 154 valence electrons. The number of carbonyl (C=O) groups excluding carboxylic acids is 1. The Kier molecular flexibility index (Phi) is 8.26. The summed E-state index contributed by atoms with van der Waals surface area (Å²) in [5, 5.41) is 11.2. The maximum Gasteiger partial charge on any atom is 0.232 e. The number of amides is 1. The molecule has 28 heavy (non-hydrogen) atoms. The Balaban J connectivity index is 1.94. The summed E-state index contributed by atoms with van der Waals surface area (Å²) in [6.07, 6.45) is 2.84. The van der Waals surface area contributed by atoms with E-state index in [1.165, 1.54) is 21.9 Å². The Hall–Kier alpha value is -1.65. The van der Waals surface area contributed by atoms with Gasteiger partial charge in [-0.25, -0.2) is 8.42 Å². The number of carbonyl (C=O) groups is 1. The molecule has 0 bridgehead atoms. The van der Waals surface area contributed by atoms with Crippen molar-refractivity contribution in [2.45, 2.75) is 44.4 Å². The third-order valence-corrected chi connectivity index (χ3v) is 7.45. The molecule has 0 saturated carbocycles. The number of sulfonamides is 1. The van der Waals surface area contributed by atoms with Crippen LogP contribution in [0.5, 0.6) is 0 Å². The lowest BCUT2D eigenvalue weighted by molar-refractivity contribution is -0.116. The maximum atomic E-state index is 12.3. The van der Waals surface area contributed by atoms with Crippen molar-refractivity contribution in [1.29, 1.82) is 0 Å². The molecule has 1 N–H and O–H groups in total. The number of aromatic nitrogens is 2. The summed E-state index contributed by atoms with van der Waals surface area (Å²) in [4.78, 5) is 12.2. The van der Waals surface area contributed by atoms with Gasteiger partial charge in [0.05, 0.1) is 11.9 Å². The number of aryl methyl sites for hydroxylation is 1. The molecule has 0 unspecified atom stereocenters. The fourth-order valence-corrected chi connectivity index (χ4v) is 5.25. The van der Waals surface area contributed by atoms with Gasteiger partial charge in [0.15, 0.2) is 4.34 Å². The van der Waals surface area contributed by atoms with Gasteiger partial charge in [-0.15, -0.1) is 10.2 Å². The third kappa shape index (κ3) is 6.46. The summed E-state index contributed by atoms with van der Waals surface area (Å²) < 4.78 is 26.7. The van der Waals surface area contributed by atoms with Crippen LogP contribution in [-0.4, -0.2) is 43.1 Å². The molecule has 0 aliphatic carbocycles. The smallest absolute Gasteiger partial charge is 0.232 e. The van der Waals surface area contributed by atoms with E-state index in [2.05, 4.69) is 22.4 Å². The highest BCUT2D eigenvalue weighted by atomic mass is 32.2. The number of anilines is 2. The molecule has 1 aromatic heterocycles. The van der Waals surface area contributed by atoms with E-state index in [4.69, 9.17) is 0 Å².